The van der Waals surface area contributed by atoms with Gasteiger partial charge in [-0.1, -0.05) is 51.0 Å². The predicted octanol–water partition coefficient (Wildman–Crippen LogP) is 6.73. The van der Waals surface area contributed by atoms with E-state index >= 15 is 0 Å². The van der Waals surface area contributed by atoms with E-state index in [1.54, 1.807) is 18.6 Å². The summed E-state index contributed by atoms with van der Waals surface area (Å²) in [6.07, 6.45) is 9.49. The summed E-state index contributed by atoms with van der Waals surface area (Å²) in [6.45, 7) is 10.3. The smallest absolute Gasteiger partial charge is 0.321 e. The van der Waals surface area contributed by atoms with Crippen LogP contribution in [0, 0.1) is 12.3 Å². The first-order valence-corrected chi connectivity index (χ1v) is 14.4. The third kappa shape index (κ3) is 7.56. The Morgan fingerprint density at radius 3 is 2.23 bits per heavy atom. The molecule has 212 valence electrons. The average Bonchev–Trinajstić information content (AvgIpc) is 3.35. The van der Waals surface area contributed by atoms with Crippen LogP contribution in [0.2, 0.25) is 0 Å². The van der Waals surface area contributed by atoms with Crippen LogP contribution in [-0.4, -0.2) is 48.6 Å². The van der Waals surface area contributed by atoms with Gasteiger partial charge in [0.1, 0.15) is 11.5 Å². The maximum absolute atomic E-state index is 11.9. The molecule has 0 bridgehead atoms. The Kier molecular flexibility index (Phi) is 11.0. The summed E-state index contributed by atoms with van der Waals surface area (Å²) < 4.78 is 0.849. The molecule has 0 aliphatic heterocycles. The van der Waals surface area contributed by atoms with Gasteiger partial charge in [0.2, 0.25) is 0 Å². The van der Waals surface area contributed by atoms with Crippen molar-refractivity contribution in [2.75, 3.05) is 11.9 Å². The monoisotopic (exact) mass is 563 g/mol. The van der Waals surface area contributed by atoms with E-state index in [2.05, 4.69) is 30.6 Å². The zero-order valence-corrected chi connectivity index (χ0v) is 24.5. The molecule has 0 spiro atoms. The standard InChI is InChI=1S/C19H17N7OS.C10H20O2/c1-3-20-18(27)26-19-25-15-8-14(12-9-22-11(2)23-10-12)24-16(17(15)28-19)13-6-4-5-7-21-13;1-4-7-10(6-3,8-5-2)9(11)12/h4-10H,3H2,1-2H3,(H2,20,25,26,27);4-8H2,1-3H3,(H,11,12). The first-order chi connectivity index (χ1) is 19.3. The number of rotatable bonds is 10. The zero-order chi connectivity index (χ0) is 29.1. The molecule has 4 heterocycles. The second-order valence-corrected chi connectivity index (χ2v) is 10.4. The number of aromatic nitrogens is 5. The van der Waals surface area contributed by atoms with Gasteiger partial charge < -0.3 is 10.4 Å². The number of nitrogens with one attached hydrogen (secondary N) is 2. The maximum Gasteiger partial charge on any atom is 0.321 e. The zero-order valence-electron chi connectivity index (χ0n) is 23.7. The maximum atomic E-state index is 11.9. The molecule has 0 atom stereocenters. The number of thiazole rings is 1. The number of carboxylic acids is 1. The molecule has 2 amide bonds. The molecule has 0 saturated carbocycles. The van der Waals surface area contributed by atoms with E-state index in [0.717, 1.165) is 53.6 Å². The van der Waals surface area contributed by atoms with Gasteiger partial charge in [-0.3, -0.25) is 15.1 Å². The van der Waals surface area contributed by atoms with E-state index in [1.807, 2.05) is 58.9 Å². The van der Waals surface area contributed by atoms with Gasteiger partial charge in [-0.15, -0.1) is 0 Å². The first kappa shape index (κ1) is 30.6. The number of carbonyl (C=O) groups is 2. The minimum Gasteiger partial charge on any atom is -0.481 e. The third-order valence-electron chi connectivity index (χ3n) is 6.50. The molecule has 0 unspecified atom stereocenters. The number of urea groups is 1. The Hall–Kier alpha value is -3.99. The number of nitrogens with zero attached hydrogens (tertiary/aromatic N) is 5. The van der Waals surface area contributed by atoms with E-state index in [-0.39, 0.29) is 6.03 Å². The minimum absolute atomic E-state index is 0.291. The van der Waals surface area contributed by atoms with Gasteiger partial charge in [-0.2, -0.15) is 0 Å². The molecule has 0 saturated heterocycles. The number of hydrogen-bond acceptors (Lipinski definition) is 8. The lowest BCUT2D eigenvalue weighted by atomic mass is 9.77. The van der Waals surface area contributed by atoms with E-state index in [0.29, 0.717) is 28.9 Å². The minimum atomic E-state index is -0.617. The van der Waals surface area contributed by atoms with Crippen LogP contribution in [-0.2, 0) is 4.79 Å². The summed E-state index contributed by atoms with van der Waals surface area (Å²) in [6, 6.07) is 7.24. The fourth-order valence-electron chi connectivity index (χ4n) is 4.44. The Morgan fingerprint density at radius 2 is 1.68 bits per heavy atom. The van der Waals surface area contributed by atoms with Crippen LogP contribution in [0.5, 0.6) is 0 Å². The van der Waals surface area contributed by atoms with Crippen LogP contribution in [0.25, 0.3) is 32.9 Å². The van der Waals surface area contributed by atoms with Crippen molar-refractivity contribution in [3.05, 3.63) is 48.7 Å². The second kappa shape index (κ2) is 14.4. The Balaban J connectivity index is 0.000000312. The number of anilines is 1. The number of pyridine rings is 2. The summed E-state index contributed by atoms with van der Waals surface area (Å²) in [5.41, 5.74) is 3.21. The highest BCUT2D eigenvalue weighted by atomic mass is 32.1. The summed E-state index contributed by atoms with van der Waals surface area (Å²) >= 11 is 1.36. The quantitative estimate of drug-likeness (QED) is 0.193. The summed E-state index contributed by atoms with van der Waals surface area (Å²) in [5, 5.41) is 15.0. The molecule has 40 heavy (non-hydrogen) atoms. The molecule has 10 nitrogen and oxygen atoms in total. The van der Waals surface area contributed by atoms with Gasteiger partial charge >= 0.3 is 12.0 Å². The number of aryl methyl sites for hydroxylation is 1. The van der Waals surface area contributed by atoms with Gasteiger partial charge in [-0.25, -0.2) is 24.7 Å². The molecule has 0 aromatic carbocycles. The molecule has 4 aromatic rings. The van der Waals surface area contributed by atoms with Crippen molar-refractivity contribution in [2.45, 2.75) is 66.7 Å². The van der Waals surface area contributed by atoms with Crippen LogP contribution >= 0.6 is 11.3 Å². The SMILES string of the molecule is CCCC(CC)(CCC)C(=O)O.CCNC(=O)Nc1nc2cc(-c3cnc(C)nc3)nc(-c3ccccn3)c2s1. The molecule has 11 heteroatoms. The van der Waals surface area contributed by atoms with Crippen LogP contribution < -0.4 is 10.6 Å². The van der Waals surface area contributed by atoms with Crippen LogP contribution in [0.4, 0.5) is 9.93 Å². The topological polar surface area (TPSA) is 143 Å². The molecule has 3 N–H and O–H groups in total. The largest absolute Gasteiger partial charge is 0.481 e. The van der Waals surface area contributed by atoms with Crippen molar-refractivity contribution in [3.63, 3.8) is 0 Å². The van der Waals surface area contributed by atoms with E-state index in [4.69, 9.17) is 10.1 Å². The molecule has 0 radical (unpaired) electrons. The van der Waals surface area contributed by atoms with Crippen molar-refractivity contribution in [1.82, 2.24) is 30.2 Å². The number of hydrogen-bond donors (Lipinski definition) is 3. The lowest BCUT2D eigenvalue weighted by molar-refractivity contribution is -0.150. The lowest BCUT2D eigenvalue weighted by Gasteiger charge is -2.27. The normalized spacial score (nSPS) is 11.0. The van der Waals surface area contributed by atoms with E-state index < -0.39 is 11.4 Å². The third-order valence-corrected chi connectivity index (χ3v) is 7.50. The van der Waals surface area contributed by atoms with Gasteiger partial charge in [0, 0.05) is 30.7 Å². The summed E-state index contributed by atoms with van der Waals surface area (Å²) in [4.78, 5) is 45.2. The molecule has 0 fully saturated rings. The molecular formula is C29H37N7O3S. The fraction of sp³-hybridized carbons (Fsp3) is 0.414. The Labute approximate surface area is 238 Å². The second-order valence-electron chi connectivity index (χ2n) is 9.38. The average molecular weight is 564 g/mol. The molecule has 4 aromatic heterocycles. The van der Waals surface area contributed by atoms with Crippen molar-refractivity contribution in [1.29, 1.82) is 0 Å². The Morgan fingerprint density at radius 1 is 0.975 bits per heavy atom. The van der Waals surface area contributed by atoms with Crippen LogP contribution in [0.15, 0.2) is 42.9 Å². The fourth-order valence-corrected chi connectivity index (χ4v) is 5.37. The summed E-state index contributed by atoms with van der Waals surface area (Å²) in [5.74, 6) is 0.0746. The van der Waals surface area contributed by atoms with Gasteiger partial charge in [-0.05, 0) is 51.3 Å². The van der Waals surface area contributed by atoms with E-state index in [9.17, 15) is 9.59 Å². The lowest BCUT2D eigenvalue weighted by Crippen LogP contribution is -2.30. The number of carboxylic acid groups (broad SMARTS) is 1. The number of carbonyl (C=O) groups excluding carboxylic acids is 1. The summed E-state index contributed by atoms with van der Waals surface area (Å²) in [7, 11) is 0. The van der Waals surface area contributed by atoms with Crippen molar-refractivity contribution < 1.29 is 14.7 Å². The van der Waals surface area contributed by atoms with Gasteiger partial charge in [0.05, 0.1) is 27.0 Å². The highest BCUT2D eigenvalue weighted by Crippen LogP contribution is 2.36. The molecule has 0 aliphatic carbocycles. The molecule has 4 rings (SSSR count). The van der Waals surface area contributed by atoms with Crippen molar-refractivity contribution in [2.24, 2.45) is 5.41 Å². The van der Waals surface area contributed by atoms with Crippen molar-refractivity contribution >= 4 is 38.7 Å². The van der Waals surface area contributed by atoms with Crippen LogP contribution in [0.1, 0.15) is 65.6 Å². The number of amides is 2. The number of aliphatic carboxylic acids is 1. The molecular weight excluding hydrogens is 526 g/mol. The van der Waals surface area contributed by atoms with Gasteiger partial charge in [0.25, 0.3) is 0 Å². The van der Waals surface area contributed by atoms with Crippen molar-refractivity contribution in [3.8, 4) is 22.6 Å². The number of fused-ring (bicyclic) bond motifs is 1. The molecule has 0 aliphatic rings. The van der Waals surface area contributed by atoms with Crippen LogP contribution in [0.3, 0.4) is 0 Å². The van der Waals surface area contributed by atoms with E-state index in [1.165, 1.54) is 11.3 Å². The highest BCUT2D eigenvalue weighted by molar-refractivity contribution is 7.22. The predicted molar refractivity (Wildman–Crippen MR) is 159 cm³/mol. The highest BCUT2D eigenvalue weighted by Gasteiger charge is 2.34. The Bertz CT molecular complexity index is 1400. The van der Waals surface area contributed by atoms with Gasteiger partial charge in [0.15, 0.2) is 5.13 Å². The first-order valence-electron chi connectivity index (χ1n) is 13.6.